The molecule has 0 aromatic rings. The molecule has 1 aliphatic rings. The van der Waals surface area contributed by atoms with E-state index in [-0.39, 0.29) is 12.5 Å². The van der Waals surface area contributed by atoms with Crippen LogP contribution in [-0.4, -0.2) is 43.6 Å². The number of hydrogen-bond donors (Lipinski definition) is 1. The van der Waals surface area contributed by atoms with Gasteiger partial charge in [-0.15, -0.1) is 0 Å². The Bertz CT molecular complexity index is 190. The second kappa shape index (κ2) is 3.23. The van der Waals surface area contributed by atoms with Gasteiger partial charge in [0.25, 0.3) is 0 Å². The van der Waals surface area contributed by atoms with Gasteiger partial charge in [0.05, 0.1) is 13.7 Å². The van der Waals surface area contributed by atoms with Gasteiger partial charge in [-0.2, -0.15) is 0 Å². The Morgan fingerprint density at radius 3 is 3.09 bits per heavy atom. The Hall–Kier alpha value is -1.26. The van der Waals surface area contributed by atoms with Gasteiger partial charge in [0.1, 0.15) is 6.54 Å². The highest BCUT2D eigenvalue weighted by Crippen LogP contribution is 1.96. The average Bonchev–Trinajstić information content (AvgIpc) is 2.37. The van der Waals surface area contributed by atoms with Crippen molar-refractivity contribution in [1.29, 1.82) is 0 Å². The summed E-state index contributed by atoms with van der Waals surface area (Å²) in [4.78, 5) is 16.3. The molecule has 1 rings (SSSR count). The van der Waals surface area contributed by atoms with Crippen LogP contribution in [0.4, 0.5) is 0 Å². The van der Waals surface area contributed by atoms with Crippen molar-refractivity contribution in [2.75, 3.05) is 26.7 Å². The summed E-state index contributed by atoms with van der Waals surface area (Å²) in [5.41, 5.74) is 5.45. The van der Waals surface area contributed by atoms with Crippen molar-refractivity contribution in [2.45, 2.75) is 0 Å². The van der Waals surface area contributed by atoms with E-state index in [4.69, 9.17) is 5.73 Å². The molecule has 1 heterocycles. The molecule has 5 heteroatoms. The van der Waals surface area contributed by atoms with Crippen molar-refractivity contribution in [3.63, 3.8) is 0 Å². The summed E-state index contributed by atoms with van der Waals surface area (Å²) in [5.74, 6) is 0.139. The molecule has 0 atom stereocenters. The summed E-state index contributed by atoms with van der Waals surface area (Å²) in [7, 11) is 1.35. The summed E-state index contributed by atoms with van der Waals surface area (Å²) >= 11 is 0. The van der Waals surface area contributed by atoms with E-state index in [0.717, 1.165) is 0 Å². The van der Waals surface area contributed by atoms with E-state index in [0.29, 0.717) is 19.0 Å². The average molecular weight is 157 g/mol. The second-order valence-electron chi connectivity index (χ2n) is 2.24. The monoisotopic (exact) mass is 157 g/mol. The first-order chi connectivity index (χ1) is 5.24. The minimum atomic E-state index is -0.287. The molecule has 0 saturated carbocycles. The van der Waals surface area contributed by atoms with Crippen molar-refractivity contribution in [2.24, 2.45) is 10.7 Å². The molecule has 0 aromatic carbocycles. The number of esters is 1. The lowest BCUT2D eigenvalue weighted by Gasteiger charge is -2.14. The summed E-state index contributed by atoms with van der Waals surface area (Å²) in [6, 6.07) is 0. The summed E-state index contributed by atoms with van der Waals surface area (Å²) in [6.45, 7) is 1.58. The fourth-order valence-electron chi connectivity index (χ4n) is 0.880. The third kappa shape index (κ3) is 1.83. The fourth-order valence-corrected chi connectivity index (χ4v) is 0.880. The van der Waals surface area contributed by atoms with Crippen LogP contribution >= 0.6 is 0 Å². The first-order valence-corrected chi connectivity index (χ1v) is 3.35. The van der Waals surface area contributed by atoms with Crippen LogP contribution < -0.4 is 5.73 Å². The maximum Gasteiger partial charge on any atom is 0.325 e. The Morgan fingerprint density at radius 2 is 2.64 bits per heavy atom. The SMILES string of the molecule is COC(=O)CN1CCN=C1N. The van der Waals surface area contributed by atoms with Crippen LogP contribution in [0.1, 0.15) is 0 Å². The smallest absolute Gasteiger partial charge is 0.325 e. The molecule has 0 fully saturated rings. The molecule has 5 nitrogen and oxygen atoms in total. The Labute approximate surface area is 64.8 Å². The zero-order valence-corrected chi connectivity index (χ0v) is 6.41. The lowest BCUT2D eigenvalue weighted by Crippen LogP contribution is -2.38. The van der Waals surface area contributed by atoms with Gasteiger partial charge in [0, 0.05) is 6.54 Å². The van der Waals surface area contributed by atoms with Crippen molar-refractivity contribution in [3.05, 3.63) is 0 Å². The molecule has 0 aromatic heterocycles. The van der Waals surface area contributed by atoms with E-state index in [1.807, 2.05) is 0 Å². The molecule has 1 aliphatic heterocycles. The Balaban J connectivity index is 2.38. The predicted molar refractivity (Wildman–Crippen MR) is 40.1 cm³/mol. The number of carbonyl (C=O) groups excluding carboxylic acids is 1. The van der Waals surface area contributed by atoms with Gasteiger partial charge in [-0.25, -0.2) is 0 Å². The molecule has 0 amide bonds. The summed E-state index contributed by atoms with van der Waals surface area (Å²) < 4.78 is 4.47. The van der Waals surface area contributed by atoms with Crippen LogP contribution in [0.3, 0.4) is 0 Å². The molecule has 0 saturated heterocycles. The van der Waals surface area contributed by atoms with Crippen molar-refractivity contribution in [3.8, 4) is 0 Å². The van der Waals surface area contributed by atoms with E-state index in [1.165, 1.54) is 7.11 Å². The lowest BCUT2D eigenvalue weighted by molar-refractivity contribution is -0.140. The van der Waals surface area contributed by atoms with E-state index in [1.54, 1.807) is 4.90 Å². The Morgan fingerprint density at radius 1 is 1.91 bits per heavy atom. The molecule has 0 aliphatic carbocycles. The van der Waals surface area contributed by atoms with Crippen LogP contribution in [0.2, 0.25) is 0 Å². The largest absolute Gasteiger partial charge is 0.468 e. The number of hydrogen-bond acceptors (Lipinski definition) is 5. The molecule has 0 bridgehead atoms. The quantitative estimate of drug-likeness (QED) is 0.511. The van der Waals surface area contributed by atoms with Gasteiger partial charge in [-0.3, -0.25) is 9.79 Å². The number of aliphatic imine (C=N–C) groups is 1. The van der Waals surface area contributed by atoms with Crippen LogP contribution in [-0.2, 0) is 9.53 Å². The van der Waals surface area contributed by atoms with E-state index >= 15 is 0 Å². The molecule has 0 unspecified atom stereocenters. The third-order valence-electron chi connectivity index (χ3n) is 1.52. The summed E-state index contributed by atoms with van der Waals surface area (Å²) in [5, 5.41) is 0. The topological polar surface area (TPSA) is 67.9 Å². The van der Waals surface area contributed by atoms with Gasteiger partial charge in [-0.1, -0.05) is 0 Å². The predicted octanol–water partition coefficient (Wildman–Crippen LogP) is -1.21. The van der Waals surface area contributed by atoms with Crippen molar-refractivity contribution >= 4 is 11.9 Å². The highest BCUT2D eigenvalue weighted by Gasteiger charge is 2.16. The van der Waals surface area contributed by atoms with Crippen molar-refractivity contribution < 1.29 is 9.53 Å². The van der Waals surface area contributed by atoms with Gasteiger partial charge in [0.2, 0.25) is 0 Å². The normalized spacial score (nSPS) is 16.5. The molecule has 0 spiro atoms. The molecule has 62 valence electrons. The highest BCUT2D eigenvalue weighted by molar-refractivity contribution is 5.84. The zero-order valence-electron chi connectivity index (χ0n) is 6.41. The zero-order chi connectivity index (χ0) is 8.27. The number of rotatable bonds is 2. The fraction of sp³-hybridized carbons (Fsp3) is 0.667. The standard InChI is InChI=1S/C6H11N3O2/c1-11-5(10)4-9-3-2-8-6(9)7/h2-4H2,1H3,(H2,7,8). The van der Waals surface area contributed by atoms with Gasteiger partial charge in [-0.05, 0) is 0 Å². The van der Waals surface area contributed by atoms with E-state index in [2.05, 4.69) is 9.73 Å². The minimum Gasteiger partial charge on any atom is -0.468 e. The van der Waals surface area contributed by atoms with Crippen LogP contribution in [0.15, 0.2) is 4.99 Å². The summed E-state index contributed by atoms with van der Waals surface area (Å²) in [6.07, 6.45) is 0. The van der Waals surface area contributed by atoms with Gasteiger partial charge in [0.15, 0.2) is 5.96 Å². The molecule has 11 heavy (non-hydrogen) atoms. The first-order valence-electron chi connectivity index (χ1n) is 3.35. The molecular weight excluding hydrogens is 146 g/mol. The Kier molecular flexibility index (Phi) is 2.30. The number of ether oxygens (including phenoxy) is 1. The molecular formula is C6H11N3O2. The highest BCUT2D eigenvalue weighted by atomic mass is 16.5. The number of guanidine groups is 1. The number of carbonyl (C=O) groups is 1. The number of methoxy groups -OCH3 is 1. The number of nitrogens with two attached hydrogens (primary N) is 1. The lowest BCUT2D eigenvalue weighted by atomic mass is 10.5. The maximum atomic E-state index is 10.7. The van der Waals surface area contributed by atoms with Gasteiger partial charge >= 0.3 is 5.97 Å². The van der Waals surface area contributed by atoms with Crippen LogP contribution in [0, 0.1) is 0 Å². The minimum absolute atomic E-state index is 0.200. The van der Waals surface area contributed by atoms with E-state index in [9.17, 15) is 4.79 Å². The third-order valence-corrected chi connectivity index (χ3v) is 1.52. The molecule has 2 N–H and O–H groups in total. The first kappa shape index (κ1) is 7.84. The van der Waals surface area contributed by atoms with E-state index < -0.39 is 0 Å². The van der Waals surface area contributed by atoms with Crippen LogP contribution in [0.25, 0.3) is 0 Å². The number of nitrogens with zero attached hydrogens (tertiary/aromatic N) is 2. The van der Waals surface area contributed by atoms with Gasteiger partial charge < -0.3 is 15.4 Å². The maximum absolute atomic E-state index is 10.7. The van der Waals surface area contributed by atoms with Crippen LogP contribution in [0.5, 0.6) is 0 Å². The molecule has 0 radical (unpaired) electrons. The second-order valence-corrected chi connectivity index (χ2v) is 2.24. The van der Waals surface area contributed by atoms with Crippen molar-refractivity contribution in [1.82, 2.24) is 4.90 Å².